The van der Waals surface area contributed by atoms with Gasteiger partial charge in [-0.25, -0.2) is 4.39 Å². The zero-order valence-electron chi connectivity index (χ0n) is 8.78. The van der Waals surface area contributed by atoms with Gasteiger partial charge in [0.2, 0.25) is 5.91 Å². The van der Waals surface area contributed by atoms with Gasteiger partial charge in [0.05, 0.1) is 12.2 Å². The number of rotatable bonds is 1. The van der Waals surface area contributed by atoms with E-state index in [1.165, 1.54) is 12.1 Å². The molecule has 16 heavy (non-hydrogen) atoms. The molecule has 84 valence electrons. The van der Waals surface area contributed by atoms with Crippen LogP contribution in [0.25, 0.3) is 0 Å². The molecular formula is C12H12FNO2. The first-order valence-electron chi connectivity index (χ1n) is 5.49. The molecule has 0 bridgehead atoms. The Labute approximate surface area is 92.8 Å². The van der Waals surface area contributed by atoms with Crippen molar-refractivity contribution >= 4 is 11.6 Å². The summed E-state index contributed by atoms with van der Waals surface area (Å²) in [5.74, 6) is 0.465. The molecule has 3 nitrogen and oxygen atoms in total. The average molecular weight is 221 g/mol. The van der Waals surface area contributed by atoms with Crippen LogP contribution in [0.1, 0.15) is 12.8 Å². The molecule has 0 spiro atoms. The van der Waals surface area contributed by atoms with Crippen molar-refractivity contribution in [2.24, 2.45) is 5.92 Å². The molecule has 1 aliphatic carbocycles. The number of halogens is 1. The van der Waals surface area contributed by atoms with Gasteiger partial charge in [0.1, 0.15) is 18.2 Å². The van der Waals surface area contributed by atoms with E-state index in [9.17, 15) is 9.18 Å². The standard InChI is InChI=1S/C12H12FNO2/c13-9-3-4-10-11(7-9)16-6-5-14(10)12(15)8-1-2-8/h3-4,7-8H,1-2,5-6H2. The van der Waals surface area contributed by atoms with Crippen LogP contribution < -0.4 is 9.64 Å². The van der Waals surface area contributed by atoms with E-state index in [0.717, 1.165) is 12.8 Å². The van der Waals surface area contributed by atoms with Crippen LogP contribution in [-0.4, -0.2) is 19.1 Å². The minimum absolute atomic E-state index is 0.149. The lowest BCUT2D eigenvalue weighted by atomic mass is 10.2. The molecule has 1 aromatic carbocycles. The van der Waals surface area contributed by atoms with Crippen LogP contribution in [-0.2, 0) is 4.79 Å². The Morgan fingerprint density at radius 3 is 3.00 bits per heavy atom. The zero-order chi connectivity index (χ0) is 11.1. The van der Waals surface area contributed by atoms with Gasteiger partial charge < -0.3 is 9.64 Å². The van der Waals surface area contributed by atoms with Gasteiger partial charge in [-0.15, -0.1) is 0 Å². The molecule has 3 rings (SSSR count). The summed E-state index contributed by atoms with van der Waals surface area (Å²) in [4.78, 5) is 13.7. The fourth-order valence-corrected chi connectivity index (χ4v) is 1.97. The number of fused-ring (bicyclic) bond motifs is 1. The SMILES string of the molecule is O=C(C1CC1)N1CCOc2cc(F)ccc21. The zero-order valence-corrected chi connectivity index (χ0v) is 8.78. The number of carbonyl (C=O) groups is 1. The molecule has 4 heteroatoms. The number of anilines is 1. The van der Waals surface area contributed by atoms with Gasteiger partial charge in [-0.3, -0.25) is 4.79 Å². The second-order valence-electron chi connectivity index (χ2n) is 4.22. The molecular weight excluding hydrogens is 209 g/mol. The summed E-state index contributed by atoms with van der Waals surface area (Å²) in [6.45, 7) is 1.00. The van der Waals surface area contributed by atoms with Crippen molar-refractivity contribution in [1.29, 1.82) is 0 Å². The van der Waals surface area contributed by atoms with E-state index in [-0.39, 0.29) is 17.6 Å². The maximum atomic E-state index is 13.0. The number of carbonyl (C=O) groups excluding carboxylic acids is 1. The van der Waals surface area contributed by atoms with E-state index in [2.05, 4.69) is 0 Å². The fourth-order valence-electron chi connectivity index (χ4n) is 1.97. The molecule has 0 radical (unpaired) electrons. The largest absolute Gasteiger partial charge is 0.489 e. The van der Waals surface area contributed by atoms with E-state index in [4.69, 9.17) is 4.74 Å². The van der Waals surface area contributed by atoms with Crippen molar-refractivity contribution < 1.29 is 13.9 Å². The van der Waals surface area contributed by atoms with E-state index in [0.29, 0.717) is 24.6 Å². The number of ether oxygens (including phenoxy) is 1. The van der Waals surface area contributed by atoms with Crippen LogP contribution in [0.4, 0.5) is 10.1 Å². The molecule has 0 N–H and O–H groups in total. The molecule has 1 heterocycles. The maximum absolute atomic E-state index is 13.0. The van der Waals surface area contributed by atoms with Gasteiger partial charge >= 0.3 is 0 Å². The lowest BCUT2D eigenvalue weighted by Crippen LogP contribution is -2.38. The Kier molecular flexibility index (Phi) is 2.09. The number of hydrogen-bond acceptors (Lipinski definition) is 2. The summed E-state index contributed by atoms with van der Waals surface area (Å²) >= 11 is 0. The molecule has 0 unspecified atom stereocenters. The van der Waals surface area contributed by atoms with Gasteiger partial charge in [-0.2, -0.15) is 0 Å². The van der Waals surface area contributed by atoms with Crippen LogP contribution in [0.15, 0.2) is 18.2 Å². The lowest BCUT2D eigenvalue weighted by molar-refractivity contribution is -0.120. The van der Waals surface area contributed by atoms with E-state index in [1.807, 2.05) is 0 Å². The summed E-state index contributed by atoms with van der Waals surface area (Å²) in [5, 5.41) is 0. The fraction of sp³-hybridized carbons (Fsp3) is 0.417. The summed E-state index contributed by atoms with van der Waals surface area (Å²) < 4.78 is 18.4. The molecule has 1 fully saturated rings. The highest BCUT2D eigenvalue weighted by Gasteiger charge is 2.36. The molecule has 1 aromatic rings. The predicted octanol–water partition coefficient (Wildman–Crippen LogP) is 1.96. The normalized spacial score (nSPS) is 18.9. The average Bonchev–Trinajstić information content (AvgIpc) is 3.10. The number of amides is 1. The summed E-state index contributed by atoms with van der Waals surface area (Å²) in [6.07, 6.45) is 1.96. The summed E-state index contributed by atoms with van der Waals surface area (Å²) in [5.41, 5.74) is 0.699. The lowest BCUT2D eigenvalue weighted by Gasteiger charge is -2.29. The van der Waals surface area contributed by atoms with Gasteiger partial charge in [-0.1, -0.05) is 0 Å². The van der Waals surface area contributed by atoms with Crippen LogP contribution in [0, 0.1) is 11.7 Å². The maximum Gasteiger partial charge on any atom is 0.230 e. The molecule has 2 aliphatic rings. The van der Waals surface area contributed by atoms with Crippen molar-refractivity contribution in [3.63, 3.8) is 0 Å². The van der Waals surface area contributed by atoms with E-state index < -0.39 is 0 Å². The Morgan fingerprint density at radius 1 is 1.44 bits per heavy atom. The van der Waals surface area contributed by atoms with Crippen molar-refractivity contribution in [3.05, 3.63) is 24.0 Å². The van der Waals surface area contributed by atoms with E-state index >= 15 is 0 Å². The molecule has 0 atom stereocenters. The van der Waals surface area contributed by atoms with Crippen molar-refractivity contribution in [3.8, 4) is 5.75 Å². The highest BCUT2D eigenvalue weighted by atomic mass is 19.1. The van der Waals surface area contributed by atoms with Crippen molar-refractivity contribution in [2.75, 3.05) is 18.1 Å². The first-order valence-corrected chi connectivity index (χ1v) is 5.49. The second-order valence-corrected chi connectivity index (χ2v) is 4.22. The first kappa shape index (κ1) is 9.63. The third-order valence-electron chi connectivity index (χ3n) is 2.98. The van der Waals surface area contributed by atoms with Crippen LogP contribution in [0.2, 0.25) is 0 Å². The van der Waals surface area contributed by atoms with Crippen LogP contribution in [0.5, 0.6) is 5.75 Å². The Hall–Kier alpha value is -1.58. The number of benzene rings is 1. The second kappa shape index (κ2) is 3.47. The van der Waals surface area contributed by atoms with Gasteiger partial charge in [0, 0.05) is 12.0 Å². The highest BCUT2D eigenvalue weighted by molar-refractivity contribution is 5.98. The van der Waals surface area contributed by atoms with Crippen molar-refractivity contribution in [2.45, 2.75) is 12.8 Å². The minimum Gasteiger partial charge on any atom is -0.489 e. The van der Waals surface area contributed by atoms with E-state index in [1.54, 1.807) is 11.0 Å². The Bertz CT molecular complexity index is 443. The highest BCUT2D eigenvalue weighted by Crippen LogP contribution is 2.37. The smallest absolute Gasteiger partial charge is 0.230 e. The third-order valence-corrected chi connectivity index (χ3v) is 2.98. The Morgan fingerprint density at radius 2 is 2.25 bits per heavy atom. The van der Waals surface area contributed by atoms with Gasteiger partial charge in [0.15, 0.2) is 0 Å². The summed E-state index contributed by atoms with van der Waals surface area (Å²) in [7, 11) is 0. The van der Waals surface area contributed by atoms with Crippen molar-refractivity contribution in [1.82, 2.24) is 0 Å². The Balaban J connectivity index is 1.95. The van der Waals surface area contributed by atoms with Crippen LogP contribution in [0.3, 0.4) is 0 Å². The number of nitrogens with zero attached hydrogens (tertiary/aromatic N) is 1. The third kappa shape index (κ3) is 1.54. The van der Waals surface area contributed by atoms with Gasteiger partial charge in [-0.05, 0) is 25.0 Å². The van der Waals surface area contributed by atoms with Crippen LogP contribution >= 0.6 is 0 Å². The molecule has 1 amide bonds. The molecule has 0 saturated heterocycles. The number of hydrogen-bond donors (Lipinski definition) is 0. The topological polar surface area (TPSA) is 29.5 Å². The quantitative estimate of drug-likeness (QED) is 0.725. The minimum atomic E-state index is -0.334. The first-order chi connectivity index (χ1) is 7.75. The predicted molar refractivity (Wildman–Crippen MR) is 57.0 cm³/mol. The molecule has 1 aliphatic heterocycles. The monoisotopic (exact) mass is 221 g/mol. The molecule has 1 saturated carbocycles. The summed E-state index contributed by atoms with van der Waals surface area (Å²) in [6, 6.07) is 4.31. The molecule has 0 aromatic heterocycles. The van der Waals surface area contributed by atoms with Gasteiger partial charge in [0.25, 0.3) is 0 Å².